The normalized spacial score (nSPS) is 14.4. The number of methoxy groups -OCH3 is 1. The molecule has 192 valence electrons. The third-order valence-electron chi connectivity index (χ3n) is 6.01. The van der Waals surface area contributed by atoms with Crippen LogP contribution in [-0.4, -0.2) is 49.2 Å². The van der Waals surface area contributed by atoms with E-state index in [0.29, 0.717) is 35.3 Å². The summed E-state index contributed by atoms with van der Waals surface area (Å²) in [5.74, 6) is 1.30. The zero-order valence-corrected chi connectivity index (χ0v) is 19.9. The molecule has 0 atom stereocenters. The Morgan fingerprint density at radius 3 is 2.44 bits per heavy atom. The number of ether oxygens (including phenoxy) is 3. The maximum Gasteiger partial charge on any atom is 0.416 e. The average molecular weight is 504 g/mol. The van der Waals surface area contributed by atoms with Crippen molar-refractivity contribution in [3.05, 3.63) is 65.7 Å². The summed E-state index contributed by atoms with van der Waals surface area (Å²) in [4.78, 5) is 12.1. The minimum atomic E-state index is -4.38. The van der Waals surface area contributed by atoms with E-state index in [1.165, 1.54) is 19.2 Å². The molecule has 4 rings (SSSR count). The fraction of sp³-hybridized carbons (Fsp3) is 0.385. The molecule has 0 spiro atoms. The fourth-order valence-corrected chi connectivity index (χ4v) is 3.92. The molecule has 1 amide bonds. The second kappa shape index (κ2) is 11.5. The van der Waals surface area contributed by atoms with Gasteiger partial charge in [-0.2, -0.15) is 18.3 Å². The zero-order chi connectivity index (χ0) is 25.5. The Morgan fingerprint density at radius 2 is 1.81 bits per heavy atom. The van der Waals surface area contributed by atoms with Gasteiger partial charge in [-0.05, 0) is 60.7 Å². The maximum absolute atomic E-state index is 12.8. The molecule has 10 heteroatoms. The lowest BCUT2D eigenvalue weighted by atomic mass is 10.0. The van der Waals surface area contributed by atoms with Crippen molar-refractivity contribution in [2.45, 2.75) is 25.6 Å². The van der Waals surface area contributed by atoms with Gasteiger partial charge in [0.15, 0.2) is 6.61 Å². The first-order chi connectivity index (χ1) is 17.3. The van der Waals surface area contributed by atoms with Gasteiger partial charge in [-0.15, -0.1) is 0 Å². The van der Waals surface area contributed by atoms with Crippen molar-refractivity contribution in [1.29, 1.82) is 0 Å². The number of halogens is 3. The molecule has 7 nitrogen and oxygen atoms in total. The summed E-state index contributed by atoms with van der Waals surface area (Å²) in [6.07, 6.45) is -2.47. The second-order valence-corrected chi connectivity index (χ2v) is 8.60. The fourth-order valence-electron chi connectivity index (χ4n) is 3.92. The summed E-state index contributed by atoms with van der Waals surface area (Å²) in [7, 11) is 1.51. The van der Waals surface area contributed by atoms with E-state index < -0.39 is 11.7 Å². The summed E-state index contributed by atoms with van der Waals surface area (Å²) >= 11 is 0. The van der Waals surface area contributed by atoms with Crippen LogP contribution in [0, 0.1) is 5.92 Å². The number of nitrogens with one attached hydrogen (secondary N) is 1. The van der Waals surface area contributed by atoms with Crippen molar-refractivity contribution in [3.63, 3.8) is 0 Å². The third-order valence-corrected chi connectivity index (χ3v) is 6.01. The van der Waals surface area contributed by atoms with Gasteiger partial charge < -0.3 is 19.5 Å². The molecule has 1 aliphatic rings. The van der Waals surface area contributed by atoms with Gasteiger partial charge in [-0.3, -0.25) is 4.79 Å². The number of aromatic nitrogens is 2. The van der Waals surface area contributed by atoms with Crippen LogP contribution in [0.3, 0.4) is 0 Å². The number of hydrogen-bond acceptors (Lipinski definition) is 5. The van der Waals surface area contributed by atoms with Crippen LogP contribution >= 0.6 is 0 Å². The molecule has 1 fully saturated rings. The van der Waals surface area contributed by atoms with E-state index >= 15 is 0 Å². The van der Waals surface area contributed by atoms with Crippen LogP contribution in [-0.2, 0) is 22.3 Å². The van der Waals surface area contributed by atoms with Crippen molar-refractivity contribution >= 4 is 5.91 Å². The molecule has 0 radical (unpaired) electrons. The van der Waals surface area contributed by atoms with Crippen LogP contribution in [0.15, 0.2) is 54.6 Å². The number of hydrogen-bond donors (Lipinski definition) is 1. The molecule has 3 aromatic rings. The number of rotatable bonds is 9. The monoisotopic (exact) mass is 503 g/mol. The van der Waals surface area contributed by atoms with Crippen LogP contribution in [0.25, 0.3) is 11.3 Å². The summed E-state index contributed by atoms with van der Waals surface area (Å²) in [6, 6.07) is 13.9. The largest absolute Gasteiger partial charge is 0.484 e. The highest BCUT2D eigenvalue weighted by Gasteiger charge is 2.30. The third kappa shape index (κ3) is 6.78. The number of carbonyl (C=O) groups excluding carboxylic acids is 1. The minimum absolute atomic E-state index is 0.0713. The van der Waals surface area contributed by atoms with E-state index in [2.05, 4.69) is 10.4 Å². The highest BCUT2D eigenvalue weighted by molar-refractivity contribution is 5.77. The standard InChI is InChI=1S/C26H28F3N3O4/c1-34-25-14-23(31-32(25)16-19-2-6-21(7-3-19)26(27,28)29)20-4-8-22(9-5-20)36-17-24(33)30-15-18-10-12-35-13-11-18/h2-9,14,18H,10-13,15-17H2,1H3,(H,30,33). The second-order valence-electron chi connectivity index (χ2n) is 8.60. The Bertz CT molecular complexity index is 1140. The SMILES string of the molecule is COc1cc(-c2ccc(OCC(=O)NCC3CCOCC3)cc2)nn1Cc1ccc(C(F)(F)F)cc1. The molecule has 2 aromatic carbocycles. The lowest BCUT2D eigenvalue weighted by molar-refractivity contribution is -0.137. The Kier molecular flexibility index (Phi) is 8.14. The van der Waals surface area contributed by atoms with Crippen molar-refractivity contribution in [2.75, 3.05) is 33.5 Å². The Morgan fingerprint density at radius 1 is 1.11 bits per heavy atom. The number of alkyl halides is 3. The van der Waals surface area contributed by atoms with E-state index in [1.54, 1.807) is 22.9 Å². The first-order valence-corrected chi connectivity index (χ1v) is 11.7. The Labute approximate surface area is 207 Å². The predicted octanol–water partition coefficient (Wildman–Crippen LogP) is 4.55. The van der Waals surface area contributed by atoms with Crippen molar-refractivity contribution < 1.29 is 32.2 Å². The molecule has 36 heavy (non-hydrogen) atoms. The number of carbonyl (C=O) groups is 1. The van der Waals surface area contributed by atoms with Gasteiger partial charge >= 0.3 is 6.18 Å². The first kappa shape index (κ1) is 25.6. The van der Waals surface area contributed by atoms with Crippen LogP contribution in [0.5, 0.6) is 11.6 Å². The van der Waals surface area contributed by atoms with Gasteiger partial charge in [0.25, 0.3) is 5.91 Å². The predicted molar refractivity (Wildman–Crippen MR) is 127 cm³/mol. The highest BCUT2D eigenvalue weighted by Crippen LogP contribution is 2.30. The summed E-state index contributed by atoms with van der Waals surface area (Å²) in [5.41, 5.74) is 1.41. The Balaban J connectivity index is 1.33. The number of nitrogens with zero attached hydrogens (tertiary/aromatic N) is 2. The van der Waals surface area contributed by atoms with Crippen molar-refractivity contribution in [2.24, 2.45) is 5.92 Å². The number of amides is 1. The zero-order valence-electron chi connectivity index (χ0n) is 19.9. The van der Waals surface area contributed by atoms with Crippen LogP contribution in [0.4, 0.5) is 13.2 Å². The molecular weight excluding hydrogens is 475 g/mol. The van der Waals surface area contributed by atoms with Gasteiger partial charge in [0.2, 0.25) is 5.88 Å². The van der Waals surface area contributed by atoms with E-state index in [-0.39, 0.29) is 19.1 Å². The Hall–Kier alpha value is -3.53. The maximum atomic E-state index is 12.8. The topological polar surface area (TPSA) is 74.6 Å². The summed E-state index contributed by atoms with van der Waals surface area (Å²) in [6.45, 7) is 2.29. The van der Waals surface area contributed by atoms with Crippen LogP contribution < -0.4 is 14.8 Å². The van der Waals surface area contributed by atoms with E-state index in [4.69, 9.17) is 14.2 Å². The smallest absolute Gasteiger partial charge is 0.416 e. The lowest BCUT2D eigenvalue weighted by Gasteiger charge is -2.22. The molecule has 2 heterocycles. The van der Waals surface area contributed by atoms with Gasteiger partial charge in [-0.25, -0.2) is 4.68 Å². The van der Waals surface area contributed by atoms with Gasteiger partial charge in [0, 0.05) is 31.4 Å². The molecule has 1 saturated heterocycles. The van der Waals surface area contributed by atoms with Crippen molar-refractivity contribution in [1.82, 2.24) is 15.1 Å². The number of benzene rings is 2. The average Bonchev–Trinajstić information content (AvgIpc) is 3.29. The molecule has 0 saturated carbocycles. The lowest BCUT2D eigenvalue weighted by Crippen LogP contribution is -2.35. The molecular formula is C26H28F3N3O4. The van der Waals surface area contributed by atoms with Gasteiger partial charge in [0.1, 0.15) is 5.75 Å². The molecule has 0 bridgehead atoms. The van der Waals surface area contributed by atoms with E-state index in [1.807, 2.05) is 12.1 Å². The summed E-state index contributed by atoms with van der Waals surface area (Å²) < 4.78 is 56.3. The molecule has 1 N–H and O–H groups in total. The first-order valence-electron chi connectivity index (χ1n) is 11.7. The van der Waals surface area contributed by atoms with E-state index in [9.17, 15) is 18.0 Å². The van der Waals surface area contributed by atoms with Gasteiger partial charge in [0.05, 0.1) is 24.9 Å². The van der Waals surface area contributed by atoms with E-state index in [0.717, 1.165) is 43.8 Å². The molecule has 1 aromatic heterocycles. The van der Waals surface area contributed by atoms with Gasteiger partial charge in [-0.1, -0.05) is 12.1 Å². The quantitative estimate of drug-likeness (QED) is 0.464. The minimum Gasteiger partial charge on any atom is -0.484 e. The van der Waals surface area contributed by atoms with Crippen molar-refractivity contribution in [3.8, 4) is 22.9 Å². The molecule has 0 aliphatic carbocycles. The molecule has 0 unspecified atom stereocenters. The highest BCUT2D eigenvalue weighted by atomic mass is 19.4. The summed E-state index contributed by atoms with van der Waals surface area (Å²) in [5, 5.41) is 7.45. The van der Waals surface area contributed by atoms with Crippen LogP contribution in [0.2, 0.25) is 0 Å². The van der Waals surface area contributed by atoms with Crippen LogP contribution in [0.1, 0.15) is 24.0 Å². The molecule has 1 aliphatic heterocycles.